The molecule has 0 unspecified atom stereocenters. The fraction of sp³-hybridized carbons (Fsp3) is 0.955. The Morgan fingerprint density at radius 2 is 1.67 bits per heavy atom. The first kappa shape index (κ1) is 26.1. The van der Waals surface area contributed by atoms with E-state index in [4.69, 9.17) is 9.73 Å². The van der Waals surface area contributed by atoms with Gasteiger partial charge >= 0.3 is 0 Å². The molecule has 0 spiro atoms. The number of ether oxygens (including phenoxy) is 1. The number of aliphatic imine (C=N–C) groups is 1. The fourth-order valence-corrected chi connectivity index (χ4v) is 4.88. The van der Waals surface area contributed by atoms with Crippen molar-refractivity contribution in [1.29, 1.82) is 0 Å². The van der Waals surface area contributed by atoms with E-state index in [1.807, 2.05) is 0 Å². The number of guanidine groups is 1. The van der Waals surface area contributed by atoms with Gasteiger partial charge in [0.25, 0.3) is 0 Å². The summed E-state index contributed by atoms with van der Waals surface area (Å²) in [7, 11) is 2.25. The third kappa shape index (κ3) is 8.07. The van der Waals surface area contributed by atoms with E-state index in [1.165, 1.54) is 58.3 Å². The number of rotatable bonds is 8. The number of nitrogens with zero attached hydrogens (tertiary/aromatic N) is 4. The van der Waals surface area contributed by atoms with Gasteiger partial charge in [0.15, 0.2) is 5.96 Å². The van der Waals surface area contributed by atoms with Crippen LogP contribution in [0.5, 0.6) is 0 Å². The van der Waals surface area contributed by atoms with Gasteiger partial charge < -0.3 is 20.3 Å². The average Bonchev–Trinajstić information content (AvgIpc) is 2.77. The third-order valence-corrected chi connectivity index (χ3v) is 6.87. The van der Waals surface area contributed by atoms with Crippen LogP contribution in [0.25, 0.3) is 0 Å². The van der Waals surface area contributed by atoms with Gasteiger partial charge in [-0.1, -0.05) is 6.42 Å². The minimum atomic E-state index is 0. The lowest BCUT2D eigenvalue weighted by molar-refractivity contribution is 0.0208. The molecule has 2 N–H and O–H groups in total. The molecule has 3 rings (SSSR count). The Bertz CT molecular complexity index is 486. The predicted molar refractivity (Wildman–Crippen MR) is 136 cm³/mol. The molecular weight excluding hydrogens is 491 g/mol. The molecule has 176 valence electrons. The molecule has 0 atom stereocenters. The molecule has 0 aromatic carbocycles. The van der Waals surface area contributed by atoms with Gasteiger partial charge in [0.05, 0.1) is 19.8 Å². The molecule has 30 heavy (non-hydrogen) atoms. The van der Waals surface area contributed by atoms with Gasteiger partial charge in [0.1, 0.15) is 0 Å². The Morgan fingerprint density at radius 3 is 2.33 bits per heavy atom. The predicted octanol–water partition coefficient (Wildman–Crippen LogP) is 1.83. The van der Waals surface area contributed by atoms with Gasteiger partial charge in [0.2, 0.25) is 0 Å². The molecule has 0 aromatic rings. The SMILES string of the molecule is CCNC(=NCC1(N2CCCCC2)CCN(C)CC1)NCCCN1CCOCC1.I. The van der Waals surface area contributed by atoms with Crippen LogP contribution in [0.4, 0.5) is 0 Å². The van der Waals surface area contributed by atoms with Crippen LogP contribution < -0.4 is 10.6 Å². The number of hydrogen-bond acceptors (Lipinski definition) is 5. The van der Waals surface area contributed by atoms with Gasteiger partial charge in [-0.25, -0.2) is 0 Å². The fourth-order valence-electron chi connectivity index (χ4n) is 4.88. The normalized spacial score (nSPS) is 24.3. The lowest BCUT2D eigenvalue weighted by atomic mass is 9.84. The van der Waals surface area contributed by atoms with E-state index < -0.39 is 0 Å². The number of likely N-dealkylation sites (tertiary alicyclic amines) is 2. The molecule has 0 amide bonds. The molecule has 3 aliphatic heterocycles. The molecule has 0 bridgehead atoms. The summed E-state index contributed by atoms with van der Waals surface area (Å²) in [6.45, 7) is 14.9. The van der Waals surface area contributed by atoms with E-state index in [0.717, 1.165) is 64.9 Å². The van der Waals surface area contributed by atoms with E-state index in [1.54, 1.807) is 0 Å². The van der Waals surface area contributed by atoms with E-state index in [2.05, 4.69) is 39.3 Å². The Morgan fingerprint density at radius 1 is 0.967 bits per heavy atom. The van der Waals surface area contributed by atoms with Crippen LogP contribution in [-0.4, -0.2) is 112 Å². The summed E-state index contributed by atoms with van der Waals surface area (Å²) in [5.41, 5.74) is 0.253. The van der Waals surface area contributed by atoms with Crippen molar-refractivity contribution in [2.24, 2.45) is 4.99 Å². The number of piperidine rings is 2. The zero-order valence-electron chi connectivity index (χ0n) is 19.3. The molecule has 7 nitrogen and oxygen atoms in total. The van der Waals surface area contributed by atoms with Gasteiger partial charge in [-0.15, -0.1) is 24.0 Å². The number of halogens is 1. The van der Waals surface area contributed by atoms with Crippen LogP contribution in [0, 0.1) is 0 Å². The van der Waals surface area contributed by atoms with Crippen molar-refractivity contribution in [2.75, 3.05) is 85.7 Å². The van der Waals surface area contributed by atoms with Crippen molar-refractivity contribution in [3.63, 3.8) is 0 Å². The second kappa shape index (κ2) is 14.1. The summed E-state index contributed by atoms with van der Waals surface area (Å²) < 4.78 is 5.44. The summed E-state index contributed by atoms with van der Waals surface area (Å²) in [5, 5.41) is 7.05. The van der Waals surface area contributed by atoms with Gasteiger partial charge in [-0.2, -0.15) is 0 Å². The van der Waals surface area contributed by atoms with Crippen molar-refractivity contribution in [2.45, 2.75) is 51.0 Å². The van der Waals surface area contributed by atoms with Crippen LogP contribution in [-0.2, 0) is 4.74 Å². The average molecular weight is 537 g/mol. The highest BCUT2D eigenvalue weighted by atomic mass is 127. The van der Waals surface area contributed by atoms with E-state index >= 15 is 0 Å². The van der Waals surface area contributed by atoms with Gasteiger partial charge in [-0.3, -0.25) is 14.8 Å². The summed E-state index contributed by atoms with van der Waals surface area (Å²) in [6, 6.07) is 0. The molecule has 3 saturated heterocycles. The van der Waals surface area contributed by atoms with Crippen LogP contribution in [0.1, 0.15) is 45.4 Å². The first-order valence-electron chi connectivity index (χ1n) is 12.0. The standard InChI is InChI=1S/C22H44N6O.HI/c1-3-23-21(24-10-7-11-27-16-18-29-19-17-27)25-20-22(8-14-26(2)15-9-22)28-12-5-4-6-13-28;/h3-20H2,1-2H3,(H2,23,24,25);1H. The van der Waals surface area contributed by atoms with E-state index in [-0.39, 0.29) is 29.5 Å². The quantitative estimate of drug-likeness (QED) is 0.214. The van der Waals surface area contributed by atoms with Gasteiger partial charge in [0, 0.05) is 31.7 Å². The maximum absolute atomic E-state index is 5.44. The summed E-state index contributed by atoms with van der Waals surface area (Å²) in [6.07, 6.45) is 7.71. The zero-order valence-corrected chi connectivity index (χ0v) is 21.7. The highest BCUT2D eigenvalue weighted by Gasteiger charge is 2.39. The largest absolute Gasteiger partial charge is 0.379 e. The topological polar surface area (TPSA) is 55.4 Å². The summed E-state index contributed by atoms with van der Waals surface area (Å²) in [5.74, 6) is 0.991. The summed E-state index contributed by atoms with van der Waals surface area (Å²) in [4.78, 5) is 12.8. The maximum Gasteiger partial charge on any atom is 0.191 e. The minimum absolute atomic E-state index is 0. The number of hydrogen-bond donors (Lipinski definition) is 2. The van der Waals surface area contributed by atoms with E-state index in [9.17, 15) is 0 Å². The van der Waals surface area contributed by atoms with Crippen molar-refractivity contribution in [3.8, 4) is 0 Å². The monoisotopic (exact) mass is 536 g/mol. The van der Waals surface area contributed by atoms with Crippen molar-refractivity contribution >= 4 is 29.9 Å². The Kier molecular flexibility index (Phi) is 12.2. The lowest BCUT2D eigenvalue weighted by Gasteiger charge is -2.49. The van der Waals surface area contributed by atoms with Gasteiger partial charge in [-0.05, 0) is 78.8 Å². The number of morpholine rings is 1. The molecule has 0 saturated carbocycles. The lowest BCUT2D eigenvalue weighted by Crippen LogP contribution is -2.58. The highest BCUT2D eigenvalue weighted by Crippen LogP contribution is 2.31. The molecule has 3 heterocycles. The van der Waals surface area contributed by atoms with Crippen molar-refractivity contribution in [3.05, 3.63) is 0 Å². The Balaban J connectivity index is 0.00000320. The second-order valence-electron chi connectivity index (χ2n) is 9.00. The first-order valence-corrected chi connectivity index (χ1v) is 12.0. The van der Waals surface area contributed by atoms with Crippen LogP contribution in [0.2, 0.25) is 0 Å². The second-order valence-corrected chi connectivity index (χ2v) is 9.00. The third-order valence-electron chi connectivity index (χ3n) is 6.87. The van der Waals surface area contributed by atoms with Crippen molar-refractivity contribution in [1.82, 2.24) is 25.3 Å². The van der Waals surface area contributed by atoms with Crippen molar-refractivity contribution < 1.29 is 4.74 Å². The maximum atomic E-state index is 5.44. The molecule has 3 aliphatic rings. The van der Waals surface area contributed by atoms with Crippen LogP contribution >= 0.6 is 24.0 Å². The zero-order chi connectivity index (χ0) is 20.4. The molecule has 0 radical (unpaired) electrons. The number of nitrogens with one attached hydrogen (secondary N) is 2. The van der Waals surface area contributed by atoms with E-state index in [0.29, 0.717) is 0 Å². The Labute approximate surface area is 201 Å². The van der Waals surface area contributed by atoms with Crippen LogP contribution in [0.15, 0.2) is 4.99 Å². The highest BCUT2D eigenvalue weighted by molar-refractivity contribution is 14.0. The van der Waals surface area contributed by atoms with Crippen LogP contribution in [0.3, 0.4) is 0 Å². The smallest absolute Gasteiger partial charge is 0.191 e. The minimum Gasteiger partial charge on any atom is -0.379 e. The molecule has 8 heteroatoms. The molecule has 0 aliphatic carbocycles. The summed E-state index contributed by atoms with van der Waals surface area (Å²) >= 11 is 0. The molecule has 0 aromatic heterocycles. The Hall–Kier alpha value is -0.160. The molecular formula is C22H45IN6O. The first-order chi connectivity index (χ1) is 14.2. The molecule has 3 fully saturated rings.